The van der Waals surface area contributed by atoms with E-state index in [1.165, 1.54) is 0 Å². The molecule has 2 rings (SSSR count). The standard InChI is InChI=1S/C18H28N4O4/c1-3-26-18(24)22-10-6-15(7-11-22)21-16-13-14(5-9-19-16)17(23)20-8-4-12-25-2/h5,9,13,15H,3-4,6-8,10-12H2,1-2H3,(H,19,21)(H,20,23). The Morgan fingerprint density at radius 1 is 1.35 bits per heavy atom. The van der Waals surface area contributed by atoms with Crippen molar-refractivity contribution in [3.05, 3.63) is 23.9 Å². The van der Waals surface area contributed by atoms with Crippen LogP contribution in [-0.4, -0.2) is 67.9 Å². The maximum absolute atomic E-state index is 12.2. The number of aromatic nitrogens is 1. The fourth-order valence-corrected chi connectivity index (χ4v) is 2.80. The predicted octanol–water partition coefficient (Wildman–Crippen LogP) is 1.88. The van der Waals surface area contributed by atoms with Crippen LogP contribution in [-0.2, 0) is 9.47 Å². The van der Waals surface area contributed by atoms with E-state index >= 15 is 0 Å². The van der Waals surface area contributed by atoms with E-state index in [0.29, 0.717) is 44.2 Å². The minimum atomic E-state index is -0.254. The van der Waals surface area contributed by atoms with Crippen LogP contribution in [0, 0.1) is 0 Å². The molecule has 0 unspecified atom stereocenters. The molecule has 8 heteroatoms. The van der Waals surface area contributed by atoms with Crippen molar-refractivity contribution in [1.82, 2.24) is 15.2 Å². The summed E-state index contributed by atoms with van der Waals surface area (Å²) in [5, 5.41) is 6.22. The highest BCUT2D eigenvalue weighted by atomic mass is 16.6. The van der Waals surface area contributed by atoms with Gasteiger partial charge in [-0.2, -0.15) is 0 Å². The molecular formula is C18H28N4O4. The molecule has 2 N–H and O–H groups in total. The number of nitrogens with one attached hydrogen (secondary N) is 2. The van der Waals surface area contributed by atoms with E-state index < -0.39 is 0 Å². The lowest BCUT2D eigenvalue weighted by molar-refractivity contribution is 0.0946. The summed E-state index contributed by atoms with van der Waals surface area (Å²) in [4.78, 5) is 29.9. The Labute approximate surface area is 154 Å². The Bertz CT molecular complexity index is 588. The van der Waals surface area contributed by atoms with Gasteiger partial charge in [-0.3, -0.25) is 4.79 Å². The molecule has 0 saturated carbocycles. The number of likely N-dealkylation sites (tertiary alicyclic amines) is 1. The van der Waals surface area contributed by atoms with Gasteiger partial charge >= 0.3 is 6.09 Å². The maximum atomic E-state index is 12.2. The maximum Gasteiger partial charge on any atom is 0.409 e. The minimum absolute atomic E-state index is 0.122. The first-order valence-corrected chi connectivity index (χ1v) is 9.05. The third-order valence-corrected chi connectivity index (χ3v) is 4.21. The molecule has 0 bridgehead atoms. The average molecular weight is 364 g/mol. The molecule has 0 aliphatic carbocycles. The van der Waals surface area contributed by atoms with Gasteiger partial charge in [0.15, 0.2) is 0 Å². The number of nitrogens with zero attached hydrogens (tertiary/aromatic N) is 2. The molecule has 26 heavy (non-hydrogen) atoms. The van der Waals surface area contributed by atoms with Crippen LogP contribution in [0.5, 0.6) is 0 Å². The van der Waals surface area contributed by atoms with E-state index in [1.807, 2.05) is 0 Å². The number of ether oxygens (including phenoxy) is 2. The summed E-state index contributed by atoms with van der Waals surface area (Å²) >= 11 is 0. The van der Waals surface area contributed by atoms with Gasteiger partial charge in [-0.25, -0.2) is 9.78 Å². The SMILES string of the molecule is CCOC(=O)N1CCC(Nc2cc(C(=O)NCCCOC)ccn2)CC1. The van der Waals surface area contributed by atoms with Crippen molar-refractivity contribution in [3.63, 3.8) is 0 Å². The second-order valence-electron chi connectivity index (χ2n) is 6.14. The van der Waals surface area contributed by atoms with Crippen molar-refractivity contribution in [1.29, 1.82) is 0 Å². The second kappa shape index (κ2) is 10.6. The van der Waals surface area contributed by atoms with Crippen LogP contribution in [0.1, 0.15) is 36.5 Å². The molecule has 0 spiro atoms. The van der Waals surface area contributed by atoms with Crippen molar-refractivity contribution in [2.24, 2.45) is 0 Å². The molecule has 8 nitrogen and oxygen atoms in total. The molecule has 0 aromatic carbocycles. The number of carbonyl (C=O) groups is 2. The molecule has 2 amide bonds. The van der Waals surface area contributed by atoms with E-state index in [0.717, 1.165) is 19.3 Å². The average Bonchev–Trinajstić information content (AvgIpc) is 2.66. The molecule has 1 saturated heterocycles. The number of pyridine rings is 1. The highest BCUT2D eigenvalue weighted by Crippen LogP contribution is 2.16. The number of anilines is 1. The minimum Gasteiger partial charge on any atom is -0.450 e. The van der Waals surface area contributed by atoms with Gasteiger partial charge in [0.1, 0.15) is 5.82 Å². The quantitative estimate of drug-likeness (QED) is 0.684. The van der Waals surface area contributed by atoms with Gasteiger partial charge < -0.3 is 25.0 Å². The van der Waals surface area contributed by atoms with E-state index in [9.17, 15) is 9.59 Å². The number of carbonyl (C=O) groups excluding carboxylic acids is 2. The highest BCUT2D eigenvalue weighted by Gasteiger charge is 2.23. The van der Waals surface area contributed by atoms with Crippen molar-refractivity contribution in [3.8, 4) is 0 Å². The topological polar surface area (TPSA) is 92.8 Å². The smallest absolute Gasteiger partial charge is 0.409 e. The van der Waals surface area contributed by atoms with Crippen LogP contribution in [0.15, 0.2) is 18.3 Å². The second-order valence-corrected chi connectivity index (χ2v) is 6.14. The van der Waals surface area contributed by atoms with Gasteiger partial charge in [-0.05, 0) is 38.3 Å². The van der Waals surface area contributed by atoms with Gasteiger partial charge in [-0.15, -0.1) is 0 Å². The van der Waals surface area contributed by atoms with E-state index in [4.69, 9.17) is 9.47 Å². The van der Waals surface area contributed by atoms with Crippen LogP contribution in [0.25, 0.3) is 0 Å². The molecule has 1 aliphatic heterocycles. The Balaban J connectivity index is 1.81. The zero-order chi connectivity index (χ0) is 18.8. The largest absolute Gasteiger partial charge is 0.450 e. The molecule has 1 fully saturated rings. The third-order valence-electron chi connectivity index (χ3n) is 4.21. The van der Waals surface area contributed by atoms with Gasteiger partial charge in [0.05, 0.1) is 6.61 Å². The number of rotatable bonds is 8. The highest BCUT2D eigenvalue weighted by molar-refractivity contribution is 5.94. The van der Waals surface area contributed by atoms with Crippen molar-refractivity contribution < 1.29 is 19.1 Å². The first-order chi connectivity index (χ1) is 12.6. The van der Waals surface area contributed by atoms with Gasteiger partial charge in [0.2, 0.25) is 0 Å². The van der Waals surface area contributed by atoms with Crippen LogP contribution >= 0.6 is 0 Å². The molecule has 144 valence electrons. The molecule has 1 aliphatic rings. The van der Waals surface area contributed by atoms with Gasteiger partial charge in [-0.1, -0.05) is 0 Å². The van der Waals surface area contributed by atoms with Crippen molar-refractivity contribution in [2.75, 3.05) is 45.3 Å². The number of hydrogen-bond donors (Lipinski definition) is 2. The lowest BCUT2D eigenvalue weighted by Gasteiger charge is -2.31. The van der Waals surface area contributed by atoms with Crippen LogP contribution in [0.4, 0.5) is 10.6 Å². The Morgan fingerprint density at radius 2 is 2.12 bits per heavy atom. The van der Waals surface area contributed by atoms with Gasteiger partial charge in [0.25, 0.3) is 5.91 Å². The number of methoxy groups -OCH3 is 1. The summed E-state index contributed by atoms with van der Waals surface area (Å²) in [6, 6.07) is 3.66. The molecular weight excluding hydrogens is 336 g/mol. The summed E-state index contributed by atoms with van der Waals surface area (Å²) < 4.78 is 9.99. The lowest BCUT2D eigenvalue weighted by Crippen LogP contribution is -2.42. The Morgan fingerprint density at radius 3 is 2.81 bits per heavy atom. The fourth-order valence-electron chi connectivity index (χ4n) is 2.80. The summed E-state index contributed by atoms with van der Waals surface area (Å²) in [7, 11) is 1.64. The Hall–Kier alpha value is -2.35. The van der Waals surface area contributed by atoms with Crippen molar-refractivity contribution in [2.45, 2.75) is 32.2 Å². The molecule has 0 atom stereocenters. The number of piperidine rings is 1. The van der Waals surface area contributed by atoms with Crippen molar-refractivity contribution >= 4 is 17.8 Å². The predicted molar refractivity (Wildman–Crippen MR) is 98.3 cm³/mol. The summed E-state index contributed by atoms with van der Waals surface area (Å²) in [5.74, 6) is 0.549. The summed E-state index contributed by atoms with van der Waals surface area (Å²) in [6.07, 6.45) is 3.77. The first-order valence-electron chi connectivity index (χ1n) is 9.05. The molecule has 2 heterocycles. The molecule has 1 aromatic heterocycles. The van der Waals surface area contributed by atoms with E-state index in [-0.39, 0.29) is 18.0 Å². The monoisotopic (exact) mass is 364 g/mol. The number of hydrogen-bond acceptors (Lipinski definition) is 6. The third kappa shape index (κ3) is 6.18. The normalized spacial score (nSPS) is 14.8. The van der Waals surface area contributed by atoms with E-state index in [2.05, 4.69) is 15.6 Å². The van der Waals surface area contributed by atoms with Crippen LogP contribution < -0.4 is 10.6 Å². The summed E-state index contributed by atoms with van der Waals surface area (Å²) in [5.41, 5.74) is 0.573. The molecule has 1 aromatic rings. The zero-order valence-electron chi connectivity index (χ0n) is 15.5. The Kier molecular flexibility index (Phi) is 8.14. The fraction of sp³-hybridized carbons (Fsp3) is 0.611. The van der Waals surface area contributed by atoms with Gasteiger partial charge in [0, 0.05) is 51.2 Å². The lowest BCUT2D eigenvalue weighted by atomic mass is 10.1. The van der Waals surface area contributed by atoms with Crippen LogP contribution in [0.2, 0.25) is 0 Å². The summed E-state index contributed by atoms with van der Waals surface area (Å²) in [6.45, 7) is 4.68. The van der Waals surface area contributed by atoms with Crippen LogP contribution in [0.3, 0.4) is 0 Å². The first kappa shape index (κ1) is 20.0. The van der Waals surface area contributed by atoms with E-state index in [1.54, 1.807) is 37.3 Å². The zero-order valence-corrected chi connectivity index (χ0v) is 15.5. The molecule has 0 radical (unpaired) electrons. The number of amides is 2.